The van der Waals surface area contributed by atoms with E-state index in [0.29, 0.717) is 95.6 Å². The number of fused-ring (bicyclic) bond motifs is 8. The fraction of sp³-hybridized carbons (Fsp3) is 0.341. The van der Waals surface area contributed by atoms with Crippen LogP contribution in [-0.2, 0) is 17.6 Å². The maximum Gasteiger partial charge on any atom is 0.311 e. The quantitative estimate of drug-likeness (QED) is 0.0860. The molecule has 0 fully saturated rings. The number of carbonyl (C=O) groups is 3. The number of nitrogens with zero attached hydrogens (tertiary/aromatic N) is 4. The Kier molecular flexibility index (Phi) is 9.73. The van der Waals surface area contributed by atoms with Crippen molar-refractivity contribution >= 4 is 53.0 Å². The molecule has 0 unspecified atom stereocenters. The molecule has 288 valence electrons. The third kappa shape index (κ3) is 7.07. The minimum atomic E-state index is -0.305. The number of amides is 2. The zero-order chi connectivity index (χ0) is 39.1. The Morgan fingerprint density at radius 3 is 1.84 bits per heavy atom. The van der Waals surface area contributed by atoms with Crippen molar-refractivity contribution in [2.45, 2.75) is 65.0 Å². The SMILES string of the molecule is COc1cc2c(cc1OCCCOc1cc3c(cc1OC)C(=O)N1c4cc(OC(=O)CCC(C)(C)C)ccc4C[C@H]1C=N3)N=C[C@@H]1Cc3ccccc3N1C2=O. The number of aliphatic imine (C=N–C) groups is 2. The predicted octanol–water partition coefficient (Wildman–Crippen LogP) is 7.86. The number of hydrogen-bond acceptors (Lipinski definition) is 10. The zero-order valence-electron chi connectivity index (χ0n) is 32.2. The van der Waals surface area contributed by atoms with Crippen LogP contribution in [0, 0.1) is 5.41 Å². The first-order valence-corrected chi connectivity index (χ1v) is 18.9. The predicted molar refractivity (Wildman–Crippen MR) is 214 cm³/mol. The molecule has 4 aliphatic rings. The average Bonchev–Trinajstić information content (AvgIpc) is 3.67. The summed E-state index contributed by atoms with van der Waals surface area (Å²) in [5.74, 6) is 1.48. The van der Waals surface area contributed by atoms with Crippen molar-refractivity contribution in [2.75, 3.05) is 37.2 Å². The van der Waals surface area contributed by atoms with Gasteiger partial charge in [-0.05, 0) is 47.2 Å². The molecule has 0 saturated heterocycles. The number of methoxy groups -OCH3 is 2. The van der Waals surface area contributed by atoms with Crippen molar-refractivity contribution < 1.29 is 38.1 Å². The Hall–Kier alpha value is -6.17. The monoisotopic (exact) mass is 756 g/mol. The maximum atomic E-state index is 14.1. The minimum Gasteiger partial charge on any atom is -0.493 e. The standard InChI is InChI=1S/C44H44N4O8/c1-44(2,3)14-13-41(49)56-30-12-11-27-18-29-25-46-34-23-40(38(53-5)21-32(34)43(51)48(29)36(27)19-30)55-16-8-15-54-39-22-33-31(20-37(39)52-4)42(50)47-28(24-45-33)17-26-9-6-7-10-35(26)47/h6-7,9-12,19-25,28-29H,8,13-18H2,1-5H3/t28-,29-/m0/s1. The summed E-state index contributed by atoms with van der Waals surface area (Å²) in [5, 5.41) is 0. The molecule has 12 heteroatoms. The second-order valence-electron chi connectivity index (χ2n) is 15.5. The third-order valence-electron chi connectivity index (χ3n) is 10.4. The molecule has 0 aliphatic carbocycles. The summed E-state index contributed by atoms with van der Waals surface area (Å²) in [5.41, 5.74) is 5.51. The highest BCUT2D eigenvalue weighted by Crippen LogP contribution is 2.43. The van der Waals surface area contributed by atoms with Gasteiger partial charge in [-0.1, -0.05) is 45.0 Å². The van der Waals surface area contributed by atoms with E-state index in [2.05, 4.69) is 25.8 Å². The molecule has 12 nitrogen and oxygen atoms in total. The van der Waals surface area contributed by atoms with Crippen LogP contribution in [0.2, 0.25) is 0 Å². The van der Waals surface area contributed by atoms with Gasteiger partial charge < -0.3 is 23.7 Å². The lowest BCUT2D eigenvalue weighted by Crippen LogP contribution is -2.37. The molecule has 2 atom stereocenters. The number of rotatable bonds is 11. The summed E-state index contributed by atoms with van der Waals surface area (Å²) in [7, 11) is 3.07. The van der Waals surface area contributed by atoms with Crippen LogP contribution in [0.3, 0.4) is 0 Å². The van der Waals surface area contributed by atoms with Gasteiger partial charge in [0.2, 0.25) is 0 Å². The van der Waals surface area contributed by atoms with Crippen molar-refractivity contribution in [3.05, 3.63) is 89.0 Å². The molecular weight excluding hydrogens is 713 g/mol. The van der Waals surface area contributed by atoms with Gasteiger partial charge in [-0.2, -0.15) is 0 Å². The van der Waals surface area contributed by atoms with Crippen LogP contribution in [0.5, 0.6) is 28.7 Å². The molecule has 4 heterocycles. The molecule has 0 saturated carbocycles. The normalized spacial score (nSPS) is 17.5. The highest BCUT2D eigenvalue weighted by molar-refractivity contribution is 6.16. The first-order valence-electron chi connectivity index (χ1n) is 18.9. The van der Waals surface area contributed by atoms with E-state index in [1.54, 1.807) is 59.5 Å². The minimum absolute atomic E-state index is 0.0145. The second kappa shape index (κ2) is 14.8. The van der Waals surface area contributed by atoms with Gasteiger partial charge in [-0.15, -0.1) is 0 Å². The molecule has 4 aromatic carbocycles. The topological polar surface area (TPSA) is 129 Å². The van der Waals surface area contributed by atoms with Crippen LogP contribution in [-0.4, -0.2) is 69.7 Å². The fourth-order valence-corrected chi connectivity index (χ4v) is 7.55. The van der Waals surface area contributed by atoms with Gasteiger partial charge in [-0.3, -0.25) is 34.2 Å². The summed E-state index contributed by atoms with van der Waals surface area (Å²) in [6.45, 7) is 6.83. The van der Waals surface area contributed by atoms with E-state index in [4.69, 9.17) is 28.7 Å². The Morgan fingerprint density at radius 1 is 0.714 bits per heavy atom. The summed E-state index contributed by atoms with van der Waals surface area (Å²) in [6.07, 6.45) is 6.42. The van der Waals surface area contributed by atoms with Crippen molar-refractivity contribution in [3.8, 4) is 28.7 Å². The van der Waals surface area contributed by atoms with Gasteiger partial charge >= 0.3 is 5.97 Å². The van der Waals surface area contributed by atoms with Gasteiger partial charge in [0.15, 0.2) is 23.0 Å². The summed E-state index contributed by atoms with van der Waals surface area (Å²) in [4.78, 5) is 53.3. The maximum absolute atomic E-state index is 14.1. The summed E-state index contributed by atoms with van der Waals surface area (Å²) >= 11 is 0. The van der Waals surface area contributed by atoms with E-state index < -0.39 is 0 Å². The number of ether oxygens (including phenoxy) is 5. The highest BCUT2D eigenvalue weighted by Gasteiger charge is 2.38. The van der Waals surface area contributed by atoms with Gasteiger partial charge in [0.1, 0.15) is 5.75 Å². The number of anilines is 2. The van der Waals surface area contributed by atoms with Gasteiger partial charge in [-0.25, -0.2) is 0 Å². The third-order valence-corrected chi connectivity index (χ3v) is 10.4. The van der Waals surface area contributed by atoms with E-state index in [1.807, 2.05) is 36.5 Å². The number of benzene rings is 4. The van der Waals surface area contributed by atoms with E-state index in [9.17, 15) is 14.4 Å². The molecule has 56 heavy (non-hydrogen) atoms. The van der Waals surface area contributed by atoms with Crippen LogP contribution in [0.4, 0.5) is 22.7 Å². The van der Waals surface area contributed by atoms with E-state index in [0.717, 1.165) is 16.8 Å². The highest BCUT2D eigenvalue weighted by atomic mass is 16.5. The molecule has 8 rings (SSSR count). The van der Waals surface area contributed by atoms with Gasteiger partial charge in [0, 0.05) is 62.0 Å². The molecule has 4 aromatic rings. The van der Waals surface area contributed by atoms with Gasteiger partial charge in [0.05, 0.1) is 67.7 Å². The van der Waals surface area contributed by atoms with Crippen molar-refractivity contribution in [1.82, 2.24) is 0 Å². The van der Waals surface area contributed by atoms with Crippen molar-refractivity contribution in [2.24, 2.45) is 15.4 Å². The molecule has 0 radical (unpaired) electrons. The van der Waals surface area contributed by atoms with Crippen molar-refractivity contribution in [3.63, 3.8) is 0 Å². The number of esters is 1. The largest absolute Gasteiger partial charge is 0.493 e. The second-order valence-corrected chi connectivity index (χ2v) is 15.5. The molecule has 0 N–H and O–H groups in total. The molecule has 0 spiro atoms. The molecule has 0 aromatic heterocycles. The average molecular weight is 757 g/mol. The van der Waals surface area contributed by atoms with E-state index in [-0.39, 0.29) is 41.9 Å². The first kappa shape index (κ1) is 36.8. The Morgan fingerprint density at radius 2 is 1.27 bits per heavy atom. The Balaban J connectivity index is 0.919. The van der Waals surface area contributed by atoms with Crippen LogP contribution in [0.15, 0.2) is 76.7 Å². The van der Waals surface area contributed by atoms with E-state index in [1.165, 1.54) is 7.11 Å². The number of para-hydroxylation sites is 1. The number of hydrogen-bond donors (Lipinski definition) is 0. The summed E-state index contributed by atoms with van der Waals surface area (Å²) in [6, 6.07) is 19.7. The lowest BCUT2D eigenvalue weighted by atomic mass is 9.91. The lowest BCUT2D eigenvalue weighted by Gasteiger charge is -2.22. The summed E-state index contributed by atoms with van der Waals surface area (Å²) < 4.78 is 29.2. The zero-order valence-corrected chi connectivity index (χ0v) is 32.2. The van der Waals surface area contributed by atoms with Crippen LogP contribution in [0.1, 0.15) is 71.9 Å². The van der Waals surface area contributed by atoms with Crippen LogP contribution in [0.25, 0.3) is 0 Å². The lowest BCUT2D eigenvalue weighted by molar-refractivity contribution is -0.134. The molecule has 4 aliphatic heterocycles. The van der Waals surface area contributed by atoms with Crippen molar-refractivity contribution in [1.29, 1.82) is 0 Å². The fourth-order valence-electron chi connectivity index (χ4n) is 7.55. The van der Waals surface area contributed by atoms with Crippen LogP contribution < -0.4 is 33.5 Å². The Bertz CT molecular complexity index is 2290. The smallest absolute Gasteiger partial charge is 0.311 e. The molecular formula is C44H44N4O8. The van der Waals surface area contributed by atoms with Crippen LogP contribution >= 0.6 is 0 Å². The molecule has 0 bridgehead atoms. The number of carbonyl (C=O) groups excluding carboxylic acids is 3. The van der Waals surface area contributed by atoms with E-state index >= 15 is 0 Å². The Labute approximate surface area is 325 Å². The molecule has 2 amide bonds. The first-order chi connectivity index (χ1) is 27.0. The van der Waals surface area contributed by atoms with Gasteiger partial charge in [0.25, 0.3) is 11.8 Å².